The maximum absolute atomic E-state index is 14.2. The van der Waals surface area contributed by atoms with Crippen LogP contribution in [-0.4, -0.2) is 19.6 Å². The summed E-state index contributed by atoms with van der Waals surface area (Å²) in [5.74, 6) is -1.11. The van der Waals surface area contributed by atoms with Crippen LogP contribution in [0.1, 0.15) is 11.6 Å². The van der Waals surface area contributed by atoms with Gasteiger partial charge in [-0.1, -0.05) is 30.3 Å². The van der Waals surface area contributed by atoms with E-state index in [1.165, 1.54) is 6.07 Å². The lowest BCUT2D eigenvalue weighted by Crippen LogP contribution is -2.46. The fourth-order valence-corrected chi connectivity index (χ4v) is 3.03. The molecule has 1 heterocycles. The first kappa shape index (κ1) is 14.5. The van der Waals surface area contributed by atoms with Crippen molar-refractivity contribution in [3.8, 4) is 0 Å². The summed E-state index contributed by atoms with van der Waals surface area (Å²) in [6, 6.07) is 12.4. The van der Waals surface area contributed by atoms with Crippen LogP contribution in [0.3, 0.4) is 0 Å². The SMILES string of the molecule is Fc1cc(F)c(N2CCNCC2c2ccccc2)cc1Br. The van der Waals surface area contributed by atoms with E-state index in [9.17, 15) is 8.78 Å². The summed E-state index contributed by atoms with van der Waals surface area (Å²) in [6.45, 7) is 2.19. The number of hydrogen-bond donors (Lipinski definition) is 1. The van der Waals surface area contributed by atoms with Crippen LogP contribution in [0.25, 0.3) is 0 Å². The standard InChI is InChI=1S/C16H15BrF2N2/c17-12-8-15(14(19)9-13(12)18)21-7-6-20-10-16(21)11-4-2-1-3-5-11/h1-5,8-9,16,20H,6-7,10H2. The molecular weight excluding hydrogens is 338 g/mol. The molecular formula is C16H15BrF2N2. The Morgan fingerprint density at radius 2 is 1.86 bits per heavy atom. The van der Waals surface area contributed by atoms with Gasteiger partial charge >= 0.3 is 0 Å². The first-order chi connectivity index (χ1) is 10.2. The fraction of sp³-hybridized carbons (Fsp3) is 0.250. The average Bonchev–Trinajstić information content (AvgIpc) is 2.52. The molecule has 0 radical (unpaired) electrons. The summed E-state index contributed by atoms with van der Waals surface area (Å²) in [6.07, 6.45) is 0. The molecule has 110 valence electrons. The summed E-state index contributed by atoms with van der Waals surface area (Å²) in [7, 11) is 0. The largest absolute Gasteiger partial charge is 0.360 e. The van der Waals surface area contributed by atoms with Gasteiger partial charge in [-0.25, -0.2) is 8.78 Å². The zero-order valence-electron chi connectivity index (χ0n) is 11.3. The minimum Gasteiger partial charge on any atom is -0.360 e. The predicted molar refractivity (Wildman–Crippen MR) is 83.5 cm³/mol. The first-order valence-corrected chi connectivity index (χ1v) is 7.63. The van der Waals surface area contributed by atoms with E-state index in [1.54, 1.807) is 0 Å². The molecule has 1 aliphatic heterocycles. The molecule has 1 N–H and O–H groups in total. The topological polar surface area (TPSA) is 15.3 Å². The number of anilines is 1. The zero-order chi connectivity index (χ0) is 14.8. The Kier molecular flexibility index (Phi) is 4.22. The Labute approximate surface area is 130 Å². The first-order valence-electron chi connectivity index (χ1n) is 6.83. The number of piperazine rings is 1. The van der Waals surface area contributed by atoms with Crippen LogP contribution < -0.4 is 10.2 Å². The lowest BCUT2D eigenvalue weighted by atomic mass is 10.0. The molecule has 3 rings (SSSR count). The highest BCUT2D eigenvalue weighted by Crippen LogP contribution is 2.33. The number of halogens is 3. The summed E-state index contributed by atoms with van der Waals surface area (Å²) >= 11 is 3.14. The Morgan fingerprint density at radius 3 is 2.62 bits per heavy atom. The molecule has 0 saturated carbocycles. The Hall–Kier alpha value is -1.46. The van der Waals surface area contributed by atoms with Crippen molar-refractivity contribution < 1.29 is 8.78 Å². The van der Waals surface area contributed by atoms with Crippen LogP contribution in [0.4, 0.5) is 14.5 Å². The van der Waals surface area contributed by atoms with E-state index in [2.05, 4.69) is 21.2 Å². The molecule has 0 amide bonds. The second-order valence-electron chi connectivity index (χ2n) is 5.04. The van der Waals surface area contributed by atoms with E-state index in [0.29, 0.717) is 12.2 Å². The van der Waals surface area contributed by atoms with Gasteiger partial charge in [0.05, 0.1) is 16.2 Å². The van der Waals surface area contributed by atoms with Gasteiger partial charge in [-0.05, 0) is 27.6 Å². The molecule has 0 bridgehead atoms. The van der Waals surface area contributed by atoms with Crippen molar-refractivity contribution in [2.75, 3.05) is 24.5 Å². The van der Waals surface area contributed by atoms with Gasteiger partial charge in [-0.15, -0.1) is 0 Å². The summed E-state index contributed by atoms with van der Waals surface area (Å²) in [5, 5.41) is 3.33. The summed E-state index contributed by atoms with van der Waals surface area (Å²) < 4.78 is 27.9. The highest BCUT2D eigenvalue weighted by atomic mass is 79.9. The minimum atomic E-state index is -0.581. The summed E-state index contributed by atoms with van der Waals surface area (Å²) in [5.41, 5.74) is 1.54. The number of rotatable bonds is 2. The maximum atomic E-state index is 14.2. The third-order valence-corrected chi connectivity index (χ3v) is 4.33. The maximum Gasteiger partial charge on any atom is 0.149 e. The molecule has 0 aromatic heterocycles. The van der Waals surface area contributed by atoms with Crippen molar-refractivity contribution in [2.24, 2.45) is 0 Å². The Bertz CT molecular complexity index is 634. The molecule has 2 nitrogen and oxygen atoms in total. The van der Waals surface area contributed by atoms with Crippen molar-refractivity contribution in [3.05, 3.63) is 64.1 Å². The fourth-order valence-electron chi connectivity index (χ4n) is 2.70. The van der Waals surface area contributed by atoms with Crippen molar-refractivity contribution >= 4 is 21.6 Å². The predicted octanol–water partition coefficient (Wildman–Crippen LogP) is 3.88. The van der Waals surface area contributed by atoms with Gasteiger partial charge in [-0.2, -0.15) is 0 Å². The molecule has 2 aromatic rings. The molecule has 0 spiro atoms. The van der Waals surface area contributed by atoms with Crippen molar-refractivity contribution in [2.45, 2.75) is 6.04 Å². The minimum absolute atomic E-state index is 0.0341. The smallest absolute Gasteiger partial charge is 0.149 e. The van der Waals surface area contributed by atoms with Crippen LogP contribution in [0.2, 0.25) is 0 Å². The highest BCUT2D eigenvalue weighted by Gasteiger charge is 2.26. The highest BCUT2D eigenvalue weighted by molar-refractivity contribution is 9.10. The molecule has 2 aromatic carbocycles. The summed E-state index contributed by atoms with van der Waals surface area (Å²) in [4.78, 5) is 1.99. The molecule has 1 unspecified atom stereocenters. The van der Waals surface area contributed by atoms with Gasteiger partial charge in [0.1, 0.15) is 11.6 Å². The van der Waals surface area contributed by atoms with Gasteiger partial charge in [-0.3, -0.25) is 0 Å². The van der Waals surface area contributed by atoms with Crippen molar-refractivity contribution in [3.63, 3.8) is 0 Å². The van der Waals surface area contributed by atoms with E-state index >= 15 is 0 Å². The Morgan fingerprint density at radius 1 is 1.10 bits per heavy atom. The quantitative estimate of drug-likeness (QED) is 0.825. The lowest BCUT2D eigenvalue weighted by molar-refractivity contribution is 0.478. The molecule has 1 atom stereocenters. The van der Waals surface area contributed by atoms with Crippen LogP contribution in [0.15, 0.2) is 46.9 Å². The van der Waals surface area contributed by atoms with E-state index in [0.717, 1.165) is 24.7 Å². The zero-order valence-corrected chi connectivity index (χ0v) is 12.9. The second kappa shape index (κ2) is 6.12. The monoisotopic (exact) mass is 352 g/mol. The van der Waals surface area contributed by atoms with Crippen LogP contribution >= 0.6 is 15.9 Å². The average molecular weight is 353 g/mol. The molecule has 5 heteroatoms. The van der Waals surface area contributed by atoms with E-state index in [-0.39, 0.29) is 10.5 Å². The van der Waals surface area contributed by atoms with E-state index < -0.39 is 11.6 Å². The van der Waals surface area contributed by atoms with Gasteiger partial charge in [0.25, 0.3) is 0 Å². The molecule has 0 aliphatic carbocycles. The van der Waals surface area contributed by atoms with E-state index in [4.69, 9.17) is 0 Å². The molecule has 1 saturated heterocycles. The van der Waals surface area contributed by atoms with Crippen molar-refractivity contribution in [1.82, 2.24) is 5.32 Å². The normalized spacial score (nSPS) is 18.8. The van der Waals surface area contributed by atoms with E-state index in [1.807, 2.05) is 35.2 Å². The molecule has 21 heavy (non-hydrogen) atoms. The number of benzene rings is 2. The lowest BCUT2D eigenvalue weighted by Gasteiger charge is -2.38. The third kappa shape index (κ3) is 2.94. The molecule has 1 aliphatic rings. The van der Waals surface area contributed by atoms with Gasteiger partial charge < -0.3 is 10.2 Å². The third-order valence-electron chi connectivity index (χ3n) is 3.73. The van der Waals surface area contributed by atoms with Crippen LogP contribution in [0.5, 0.6) is 0 Å². The number of nitrogens with one attached hydrogen (secondary N) is 1. The molecule has 1 fully saturated rings. The van der Waals surface area contributed by atoms with Gasteiger partial charge in [0, 0.05) is 25.7 Å². The van der Waals surface area contributed by atoms with Crippen LogP contribution in [0, 0.1) is 11.6 Å². The number of hydrogen-bond acceptors (Lipinski definition) is 2. The van der Waals surface area contributed by atoms with Gasteiger partial charge in [0.15, 0.2) is 0 Å². The number of nitrogens with zero attached hydrogens (tertiary/aromatic N) is 1. The van der Waals surface area contributed by atoms with Crippen molar-refractivity contribution in [1.29, 1.82) is 0 Å². The van der Waals surface area contributed by atoms with Gasteiger partial charge in [0.2, 0.25) is 0 Å². The Balaban J connectivity index is 2.00. The van der Waals surface area contributed by atoms with Crippen LogP contribution in [-0.2, 0) is 0 Å². The second-order valence-corrected chi connectivity index (χ2v) is 5.90.